The van der Waals surface area contributed by atoms with Crippen molar-refractivity contribution in [3.63, 3.8) is 0 Å². The van der Waals surface area contributed by atoms with Gasteiger partial charge in [0.25, 0.3) is 0 Å². The summed E-state index contributed by atoms with van der Waals surface area (Å²) in [6, 6.07) is 15.7. The Bertz CT molecular complexity index is 925. The summed E-state index contributed by atoms with van der Waals surface area (Å²) in [7, 11) is 0. The van der Waals surface area contributed by atoms with Crippen molar-refractivity contribution in [2.24, 2.45) is 5.92 Å². The lowest BCUT2D eigenvalue weighted by Gasteiger charge is -2.19. The van der Waals surface area contributed by atoms with Gasteiger partial charge in [0.1, 0.15) is 6.04 Å². The number of ketones is 1. The van der Waals surface area contributed by atoms with E-state index in [2.05, 4.69) is 5.32 Å². The number of amides is 1. The minimum atomic E-state index is -1.12. The molecule has 2 atom stereocenters. The highest BCUT2D eigenvalue weighted by molar-refractivity contribution is 8.14. The van der Waals surface area contributed by atoms with Gasteiger partial charge in [-0.25, -0.2) is 4.79 Å². The molecule has 0 bridgehead atoms. The predicted molar refractivity (Wildman–Crippen MR) is 122 cm³/mol. The van der Waals surface area contributed by atoms with E-state index in [1.807, 2.05) is 56.3 Å². The second-order valence-corrected chi connectivity index (χ2v) is 9.08. The molecule has 2 rings (SSSR count). The third-order valence-electron chi connectivity index (χ3n) is 4.59. The first-order chi connectivity index (χ1) is 14.7. The number of carboxylic acid groups (broad SMARTS) is 1. The molecule has 7 heteroatoms. The number of thioether (sulfide) groups is 1. The van der Waals surface area contributed by atoms with Crippen LogP contribution in [-0.4, -0.2) is 39.2 Å². The number of nitrogens with one attached hydrogen (secondary N) is 1. The van der Waals surface area contributed by atoms with E-state index in [-0.39, 0.29) is 29.7 Å². The maximum Gasteiger partial charge on any atom is 0.326 e. The van der Waals surface area contributed by atoms with Crippen LogP contribution >= 0.6 is 11.8 Å². The van der Waals surface area contributed by atoms with E-state index < -0.39 is 23.2 Å². The lowest BCUT2D eigenvalue weighted by atomic mass is 10.00. The summed E-state index contributed by atoms with van der Waals surface area (Å²) >= 11 is 0.784. The molecule has 6 nitrogen and oxygen atoms in total. The van der Waals surface area contributed by atoms with Crippen molar-refractivity contribution < 1.29 is 24.3 Å². The number of carbonyl (C=O) groups is 4. The van der Waals surface area contributed by atoms with Gasteiger partial charge in [0, 0.05) is 18.9 Å². The average Bonchev–Trinajstić information content (AvgIpc) is 2.72. The Balaban J connectivity index is 2.13. The number of rotatable bonds is 10. The fourth-order valence-corrected chi connectivity index (χ4v) is 4.02. The SMILES string of the molecule is CC(=O)SC(CC(=O)N[C@@H](CC(C)C)C(=O)O)C(=O)c1ccc(-c2ccccc2)cc1. The fourth-order valence-electron chi connectivity index (χ4n) is 3.15. The van der Waals surface area contributed by atoms with Crippen molar-refractivity contribution in [1.82, 2.24) is 5.32 Å². The molecule has 1 amide bonds. The number of hydrogen-bond donors (Lipinski definition) is 2. The van der Waals surface area contributed by atoms with Crippen LogP contribution in [0.5, 0.6) is 0 Å². The van der Waals surface area contributed by atoms with Crippen LogP contribution in [0.25, 0.3) is 11.1 Å². The lowest BCUT2D eigenvalue weighted by Crippen LogP contribution is -2.43. The predicted octanol–water partition coefficient (Wildman–Crippen LogP) is 4.19. The first-order valence-electron chi connectivity index (χ1n) is 10.1. The molecule has 0 aromatic heterocycles. The molecule has 0 spiro atoms. The summed E-state index contributed by atoms with van der Waals surface area (Å²) < 4.78 is 0. The Morgan fingerprint density at radius 1 is 0.935 bits per heavy atom. The molecule has 2 aromatic rings. The maximum atomic E-state index is 13.0. The standard InChI is InChI=1S/C24H27NO5S/c1-15(2)13-20(24(29)30)25-22(27)14-21(31-16(3)26)23(28)19-11-9-18(10-12-19)17-7-5-4-6-8-17/h4-12,15,20-21H,13-14H2,1-3H3,(H,25,27)(H,29,30)/t20-,21?/m0/s1. The Labute approximate surface area is 186 Å². The number of carbonyl (C=O) groups excluding carboxylic acids is 3. The quantitative estimate of drug-likeness (QED) is 0.536. The van der Waals surface area contributed by atoms with Crippen LogP contribution in [0.4, 0.5) is 0 Å². The van der Waals surface area contributed by atoms with E-state index in [9.17, 15) is 24.3 Å². The zero-order valence-corrected chi connectivity index (χ0v) is 18.6. The van der Waals surface area contributed by atoms with Gasteiger partial charge in [-0.05, 0) is 23.5 Å². The highest BCUT2D eigenvalue weighted by Crippen LogP contribution is 2.24. The van der Waals surface area contributed by atoms with E-state index >= 15 is 0 Å². The van der Waals surface area contributed by atoms with Gasteiger partial charge in [0.15, 0.2) is 10.9 Å². The van der Waals surface area contributed by atoms with Crippen LogP contribution in [0.2, 0.25) is 0 Å². The number of carboxylic acids is 1. The molecule has 2 N–H and O–H groups in total. The summed E-state index contributed by atoms with van der Waals surface area (Å²) in [6.07, 6.45) is 0.00583. The van der Waals surface area contributed by atoms with E-state index in [1.54, 1.807) is 12.1 Å². The summed E-state index contributed by atoms with van der Waals surface area (Å²) in [4.78, 5) is 48.5. The van der Waals surface area contributed by atoms with Crippen molar-refractivity contribution in [1.29, 1.82) is 0 Å². The van der Waals surface area contributed by atoms with Gasteiger partial charge in [-0.2, -0.15) is 0 Å². The molecular formula is C24H27NO5S. The Kier molecular flexibility index (Phi) is 9.00. The number of Topliss-reactive ketones (excluding diaryl/α,β-unsaturated/α-hetero) is 1. The zero-order chi connectivity index (χ0) is 23.0. The van der Waals surface area contributed by atoms with Crippen molar-refractivity contribution in [3.05, 3.63) is 60.2 Å². The fraction of sp³-hybridized carbons (Fsp3) is 0.333. The van der Waals surface area contributed by atoms with Gasteiger partial charge in [0.05, 0.1) is 5.25 Å². The third-order valence-corrected chi connectivity index (χ3v) is 5.59. The molecule has 164 valence electrons. The minimum Gasteiger partial charge on any atom is -0.480 e. The third kappa shape index (κ3) is 7.68. The molecule has 0 saturated heterocycles. The Hall–Kier alpha value is -2.93. The average molecular weight is 442 g/mol. The summed E-state index contributed by atoms with van der Waals surface area (Å²) in [5.74, 6) is -1.96. The molecule has 31 heavy (non-hydrogen) atoms. The van der Waals surface area contributed by atoms with Crippen molar-refractivity contribution in [2.45, 2.75) is 44.9 Å². The van der Waals surface area contributed by atoms with E-state index in [0.29, 0.717) is 5.56 Å². The molecule has 0 aliphatic rings. The van der Waals surface area contributed by atoms with Crippen molar-refractivity contribution in [3.8, 4) is 11.1 Å². The summed E-state index contributed by atoms with van der Waals surface area (Å²) in [5.41, 5.74) is 2.35. The molecule has 1 unspecified atom stereocenters. The zero-order valence-electron chi connectivity index (χ0n) is 17.8. The monoisotopic (exact) mass is 441 g/mol. The van der Waals surface area contributed by atoms with Gasteiger partial charge >= 0.3 is 5.97 Å². The van der Waals surface area contributed by atoms with Crippen LogP contribution in [0.3, 0.4) is 0 Å². The van der Waals surface area contributed by atoms with E-state index in [4.69, 9.17) is 0 Å². The van der Waals surface area contributed by atoms with Gasteiger partial charge in [0.2, 0.25) is 5.91 Å². The minimum absolute atomic E-state index is 0.0774. The Morgan fingerprint density at radius 3 is 2.03 bits per heavy atom. The summed E-state index contributed by atoms with van der Waals surface area (Å²) in [6.45, 7) is 5.05. The largest absolute Gasteiger partial charge is 0.480 e. The smallest absolute Gasteiger partial charge is 0.326 e. The number of aliphatic carboxylic acids is 1. The van der Waals surface area contributed by atoms with E-state index in [1.165, 1.54) is 6.92 Å². The van der Waals surface area contributed by atoms with Crippen LogP contribution in [0, 0.1) is 5.92 Å². The first kappa shape index (κ1) is 24.3. The molecule has 2 aromatic carbocycles. The molecule has 0 radical (unpaired) electrons. The van der Waals surface area contributed by atoms with Crippen LogP contribution in [-0.2, 0) is 14.4 Å². The first-order valence-corrected chi connectivity index (χ1v) is 10.9. The topological polar surface area (TPSA) is 101 Å². The van der Waals surface area contributed by atoms with Gasteiger partial charge in [-0.3, -0.25) is 14.4 Å². The van der Waals surface area contributed by atoms with Crippen LogP contribution in [0.1, 0.15) is 44.0 Å². The molecular weight excluding hydrogens is 414 g/mol. The van der Waals surface area contributed by atoms with Crippen LogP contribution < -0.4 is 5.32 Å². The second kappa shape index (κ2) is 11.5. The van der Waals surface area contributed by atoms with Gasteiger partial charge in [-0.1, -0.05) is 80.2 Å². The maximum absolute atomic E-state index is 13.0. The second-order valence-electron chi connectivity index (χ2n) is 7.70. The van der Waals surface area contributed by atoms with E-state index in [0.717, 1.165) is 22.9 Å². The molecule has 0 fully saturated rings. The molecule has 0 saturated carbocycles. The van der Waals surface area contributed by atoms with Gasteiger partial charge < -0.3 is 10.4 Å². The lowest BCUT2D eigenvalue weighted by molar-refractivity contribution is -0.142. The normalized spacial score (nSPS) is 12.8. The van der Waals surface area contributed by atoms with Gasteiger partial charge in [-0.15, -0.1) is 0 Å². The molecule has 0 heterocycles. The highest BCUT2D eigenvalue weighted by atomic mass is 32.2. The number of hydrogen-bond acceptors (Lipinski definition) is 5. The molecule has 0 aliphatic carbocycles. The van der Waals surface area contributed by atoms with Crippen molar-refractivity contribution in [2.75, 3.05) is 0 Å². The number of benzene rings is 2. The van der Waals surface area contributed by atoms with Crippen molar-refractivity contribution >= 4 is 34.5 Å². The van der Waals surface area contributed by atoms with Crippen LogP contribution in [0.15, 0.2) is 54.6 Å². The molecule has 0 aliphatic heterocycles. The Morgan fingerprint density at radius 2 is 1.52 bits per heavy atom. The summed E-state index contributed by atoms with van der Waals surface area (Å²) in [5, 5.41) is 10.6. The highest BCUT2D eigenvalue weighted by Gasteiger charge is 2.28.